The van der Waals surface area contributed by atoms with Gasteiger partial charge < -0.3 is 9.88 Å². The number of carbonyl (C=O) groups is 1. The molecule has 5 nitrogen and oxygen atoms in total. The number of carbonyl (C=O) groups excluding carboxylic acids is 1. The minimum atomic E-state index is -0.147. The van der Waals surface area contributed by atoms with E-state index in [1.165, 1.54) is 31.1 Å². The zero-order chi connectivity index (χ0) is 17.9. The lowest BCUT2D eigenvalue weighted by Crippen LogP contribution is -2.30. The first-order valence-electron chi connectivity index (χ1n) is 9.37. The van der Waals surface area contributed by atoms with Gasteiger partial charge in [-0.3, -0.25) is 4.79 Å². The van der Waals surface area contributed by atoms with Crippen LogP contribution in [0.5, 0.6) is 0 Å². The molecule has 1 aromatic heterocycles. The van der Waals surface area contributed by atoms with Crippen molar-refractivity contribution < 1.29 is 4.79 Å². The fourth-order valence-electron chi connectivity index (χ4n) is 3.92. The van der Waals surface area contributed by atoms with Gasteiger partial charge in [0.2, 0.25) is 5.91 Å². The van der Waals surface area contributed by atoms with Gasteiger partial charge in [0.1, 0.15) is 6.33 Å². The molecule has 1 saturated carbocycles. The lowest BCUT2D eigenvalue weighted by atomic mass is 10.0. The second-order valence-corrected chi connectivity index (χ2v) is 7.18. The maximum absolute atomic E-state index is 12.5. The third-order valence-electron chi connectivity index (χ3n) is 5.26. The van der Waals surface area contributed by atoms with Crippen LogP contribution in [0.1, 0.15) is 56.1 Å². The quantitative estimate of drug-likeness (QED) is 0.759. The van der Waals surface area contributed by atoms with Crippen molar-refractivity contribution in [3.05, 3.63) is 60.2 Å². The molecule has 1 atom stereocenters. The monoisotopic (exact) mass is 348 g/mol. The van der Waals surface area contributed by atoms with Crippen LogP contribution in [0.3, 0.4) is 0 Å². The van der Waals surface area contributed by atoms with Gasteiger partial charge in [-0.15, -0.1) is 10.2 Å². The first-order chi connectivity index (χ1) is 12.7. The first kappa shape index (κ1) is 16.8. The van der Waals surface area contributed by atoms with E-state index < -0.39 is 0 Å². The van der Waals surface area contributed by atoms with Crippen molar-refractivity contribution in [3.63, 3.8) is 0 Å². The van der Waals surface area contributed by atoms with Crippen molar-refractivity contribution >= 4 is 16.7 Å². The summed E-state index contributed by atoms with van der Waals surface area (Å²) in [6, 6.07) is 14.7. The Kier molecular flexibility index (Phi) is 4.69. The smallest absolute Gasteiger partial charge is 0.224 e. The van der Waals surface area contributed by atoms with Crippen LogP contribution in [-0.4, -0.2) is 20.7 Å². The number of fused-ring (bicyclic) bond motifs is 1. The minimum absolute atomic E-state index is 0.00810. The molecule has 5 heteroatoms. The standard InChI is InChI=1S/C21H24N4O/c1-15(21-24-22-14-25(21)19-8-4-5-9-19)23-20(26)13-16-10-11-17-6-2-3-7-18(17)12-16/h2-3,6-7,10-12,14-15,19H,4-5,8-9,13H2,1H3,(H,23,26)/t15-/m0/s1. The summed E-state index contributed by atoms with van der Waals surface area (Å²) in [5, 5.41) is 13.8. The van der Waals surface area contributed by atoms with Gasteiger partial charge in [0.15, 0.2) is 5.82 Å². The zero-order valence-electron chi connectivity index (χ0n) is 15.1. The summed E-state index contributed by atoms with van der Waals surface area (Å²) in [5.41, 5.74) is 1.02. The molecule has 0 spiro atoms. The topological polar surface area (TPSA) is 59.8 Å². The number of aromatic nitrogens is 3. The Bertz CT molecular complexity index is 911. The highest BCUT2D eigenvalue weighted by atomic mass is 16.1. The second kappa shape index (κ2) is 7.28. The van der Waals surface area contributed by atoms with Crippen LogP contribution in [0.2, 0.25) is 0 Å². The molecule has 3 aromatic rings. The summed E-state index contributed by atoms with van der Waals surface area (Å²) >= 11 is 0. The van der Waals surface area contributed by atoms with E-state index >= 15 is 0 Å². The molecule has 2 aromatic carbocycles. The van der Waals surface area contributed by atoms with Gasteiger partial charge in [-0.05, 0) is 36.1 Å². The Morgan fingerprint density at radius 3 is 2.77 bits per heavy atom. The molecule has 1 amide bonds. The second-order valence-electron chi connectivity index (χ2n) is 7.18. The number of benzene rings is 2. The molecule has 0 saturated heterocycles. The fraction of sp³-hybridized carbons (Fsp3) is 0.381. The van der Waals surface area contributed by atoms with Crippen LogP contribution in [0.25, 0.3) is 10.8 Å². The van der Waals surface area contributed by atoms with Gasteiger partial charge in [-0.25, -0.2) is 0 Å². The molecule has 0 aliphatic heterocycles. The van der Waals surface area contributed by atoms with E-state index in [4.69, 9.17) is 0 Å². The summed E-state index contributed by atoms with van der Waals surface area (Å²) in [6.07, 6.45) is 7.02. The molecule has 1 aliphatic rings. The Morgan fingerprint density at radius 2 is 1.96 bits per heavy atom. The Hall–Kier alpha value is -2.69. The van der Waals surface area contributed by atoms with Crippen molar-refractivity contribution in [2.75, 3.05) is 0 Å². The average molecular weight is 348 g/mol. The van der Waals surface area contributed by atoms with E-state index in [-0.39, 0.29) is 11.9 Å². The lowest BCUT2D eigenvalue weighted by Gasteiger charge is -2.18. The molecule has 0 radical (unpaired) electrons. The normalized spacial score (nSPS) is 16.0. The Labute approximate surface area is 153 Å². The highest BCUT2D eigenvalue weighted by Crippen LogP contribution is 2.31. The van der Waals surface area contributed by atoms with Crippen molar-refractivity contribution in [2.24, 2.45) is 0 Å². The van der Waals surface area contributed by atoms with E-state index in [9.17, 15) is 4.79 Å². The number of rotatable bonds is 5. The summed E-state index contributed by atoms with van der Waals surface area (Å²) in [4.78, 5) is 12.5. The van der Waals surface area contributed by atoms with Crippen LogP contribution < -0.4 is 5.32 Å². The number of amides is 1. The van der Waals surface area contributed by atoms with Gasteiger partial charge in [-0.2, -0.15) is 0 Å². The average Bonchev–Trinajstić information content (AvgIpc) is 3.32. The number of nitrogens with one attached hydrogen (secondary N) is 1. The molecule has 0 bridgehead atoms. The first-order valence-corrected chi connectivity index (χ1v) is 9.37. The molecule has 0 unspecified atom stereocenters. The predicted molar refractivity (Wildman–Crippen MR) is 102 cm³/mol. The van der Waals surface area contributed by atoms with E-state index in [0.717, 1.165) is 16.8 Å². The molecular weight excluding hydrogens is 324 g/mol. The van der Waals surface area contributed by atoms with Gasteiger partial charge in [0.05, 0.1) is 12.5 Å². The SMILES string of the molecule is C[C@H](NC(=O)Cc1ccc2ccccc2c1)c1nncn1C1CCCC1. The highest BCUT2D eigenvalue weighted by molar-refractivity contribution is 5.85. The van der Waals surface area contributed by atoms with E-state index in [2.05, 4.69) is 44.3 Å². The van der Waals surface area contributed by atoms with Gasteiger partial charge in [0.25, 0.3) is 0 Å². The van der Waals surface area contributed by atoms with E-state index in [0.29, 0.717) is 12.5 Å². The minimum Gasteiger partial charge on any atom is -0.346 e. The number of hydrogen-bond acceptors (Lipinski definition) is 3. The summed E-state index contributed by atoms with van der Waals surface area (Å²) in [6.45, 7) is 1.98. The molecule has 4 rings (SSSR count). The van der Waals surface area contributed by atoms with E-state index in [1.807, 2.05) is 25.1 Å². The van der Waals surface area contributed by atoms with Crippen LogP contribution in [-0.2, 0) is 11.2 Å². The molecule has 1 heterocycles. The van der Waals surface area contributed by atoms with Gasteiger partial charge in [0, 0.05) is 6.04 Å². The van der Waals surface area contributed by atoms with Crippen molar-refractivity contribution in [1.29, 1.82) is 0 Å². The summed E-state index contributed by atoms with van der Waals surface area (Å²) < 4.78 is 2.15. The predicted octanol–water partition coefficient (Wildman–Crippen LogP) is 3.97. The van der Waals surface area contributed by atoms with Crippen molar-refractivity contribution in [2.45, 2.75) is 51.1 Å². The Balaban J connectivity index is 1.43. The Morgan fingerprint density at radius 1 is 1.19 bits per heavy atom. The van der Waals surface area contributed by atoms with Crippen LogP contribution in [0.4, 0.5) is 0 Å². The number of hydrogen-bond donors (Lipinski definition) is 1. The lowest BCUT2D eigenvalue weighted by molar-refractivity contribution is -0.121. The maximum Gasteiger partial charge on any atom is 0.224 e. The third kappa shape index (κ3) is 3.47. The molecule has 1 fully saturated rings. The molecule has 26 heavy (non-hydrogen) atoms. The van der Waals surface area contributed by atoms with Gasteiger partial charge in [-0.1, -0.05) is 55.3 Å². The highest BCUT2D eigenvalue weighted by Gasteiger charge is 2.23. The van der Waals surface area contributed by atoms with Gasteiger partial charge >= 0.3 is 0 Å². The summed E-state index contributed by atoms with van der Waals surface area (Å²) in [5.74, 6) is 0.859. The van der Waals surface area contributed by atoms with Crippen molar-refractivity contribution in [1.82, 2.24) is 20.1 Å². The number of nitrogens with zero attached hydrogens (tertiary/aromatic N) is 3. The van der Waals surface area contributed by atoms with Crippen molar-refractivity contribution in [3.8, 4) is 0 Å². The molecule has 1 N–H and O–H groups in total. The zero-order valence-corrected chi connectivity index (χ0v) is 15.1. The van der Waals surface area contributed by atoms with E-state index in [1.54, 1.807) is 6.33 Å². The molecular formula is C21H24N4O. The van der Waals surface area contributed by atoms with Crippen LogP contribution >= 0.6 is 0 Å². The maximum atomic E-state index is 12.5. The largest absolute Gasteiger partial charge is 0.346 e. The van der Waals surface area contributed by atoms with Crippen LogP contribution in [0.15, 0.2) is 48.8 Å². The summed E-state index contributed by atoms with van der Waals surface area (Å²) in [7, 11) is 0. The molecule has 1 aliphatic carbocycles. The molecule has 134 valence electrons. The third-order valence-corrected chi connectivity index (χ3v) is 5.26. The van der Waals surface area contributed by atoms with Crippen LogP contribution in [0, 0.1) is 0 Å². The fourth-order valence-corrected chi connectivity index (χ4v) is 3.92.